The molecule has 1 aromatic carbocycles. The first-order valence-corrected chi connectivity index (χ1v) is 5.03. The second-order valence-corrected chi connectivity index (χ2v) is 3.57. The average Bonchev–Trinajstić information content (AvgIpc) is 2.81. The number of anilines is 1. The number of hydrogen-bond donors (Lipinski definition) is 1. The summed E-state index contributed by atoms with van der Waals surface area (Å²) in [5, 5.41) is 8.94. The molecule has 0 spiro atoms. The van der Waals surface area contributed by atoms with Crippen LogP contribution in [-0.2, 0) is 0 Å². The predicted molar refractivity (Wildman–Crippen MR) is 61.3 cm³/mol. The Morgan fingerprint density at radius 2 is 2.06 bits per heavy atom. The Kier molecular flexibility index (Phi) is 2.81. The van der Waals surface area contributed by atoms with Crippen LogP contribution in [0.3, 0.4) is 0 Å². The third-order valence-corrected chi connectivity index (χ3v) is 2.58. The second kappa shape index (κ2) is 4.26. The third-order valence-electron chi connectivity index (χ3n) is 2.58. The van der Waals surface area contributed by atoms with Gasteiger partial charge in [-0.15, -0.1) is 0 Å². The summed E-state index contributed by atoms with van der Waals surface area (Å²) in [6.45, 7) is 1.58. The van der Waals surface area contributed by atoms with Gasteiger partial charge in [-0.3, -0.25) is 0 Å². The topological polar surface area (TPSA) is 49.8 Å². The van der Waals surface area contributed by atoms with E-state index in [9.17, 15) is 4.79 Å². The summed E-state index contributed by atoms with van der Waals surface area (Å²) in [5.74, 6) is -0.218. The monoisotopic (exact) mass is 219 g/mol. The van der Waals surface area contributed by atoms with E-state index in [4.69, 9.17) is 9.84 Å². The molecule has 4 nitrogen and oxygen atoms in total. The van der Waals surface area contributed by atoms with Crippen molar-refractivity contribution in [3.05, 3.63) is 35.9 Å². The van der Waals surface area contributed by atoms with Gasteiger partial charge < -0.3 is 14.7 Å². The quantitative estimate of drug-likeness (QED) is 0.787. The van der Waals surface area contributed by atoms with E-state index in [2.05, 4.69) is 4.90 Å². The highest BCUT2D eigenvalue weighted by Gasteiger charge is 2.15. The Labute approximate surface area is 93.8 Å². The molecule has 4 heteroatoms. The Morgan fingerprint density at radius 3 is 2.62 bits per heavy atom. The first kappa shape index (κ1) is 10.5. The van der Waals surface area contributed by atoms with Crippen LogP contribution in [0.4, 0.5) is 5.69 Å². The maximum absolute atomic E-state index is 10.9. The van der Waals surface area contributed by atoms with Crippen molar-refractivity contribution >= 4 is 11.7 Å². The zero-order chi connectivity index (χ0) is 11.5. The summed E-state index contributed by atoms with van der Waals surface area (Å²) in [5.41, 5.74) is 1.11. The van der Waals surface area contributed by atoms with Crippen LogP contribution in [0.25, 0.3) is 0 Å². The number of carbonyl (C=O) groups is 1. The number of aromatic carboxylic acids is 1. The van der Waals surface area contributed by atoms with Gasteiger partial charge in [-0.2, -0.15) is 0 Å². The Hall–Kier alpha value is -1.97. The van der Waals surface area contributed by atoms with Crippen LogP contribution in [0.1, 0.15) is 10.4 Å². The van der Waals surface area contributed by atoms with Crippen LogP contribution in [0.15, 0.2) is 30.4 Å². The SMILES string of the molecule is COc1ccc(C(=O)O)cc1N1CC=CC1. The van der Waals surface area contributed by atoms with Crippen LogP contribution in [0.2, 0.25) is 0 Å². The molecule has 0 radical (unpaired) electrons. The highest BCUT2D eigenvalue weighted by atomic mass is 16.5. The molecule has 16 heavy (non-hydrogen) atoms. The molecule has 0 saturated heterocycles. The lowest BCUT2D eigenvalue weighted by atomic mass is 10.1. The summed E-state index contributed by atoms with van der Waals surface area (Å²) < 4.78 is 5.23. The molecule has 0 saturated carbocycles. The fourth-order valence-electron chi connectivity index (χ4n) is 1.74. The minimum Gasteiger partial charge on any atom is -0.495 e. The lowest BCUT2D eigenvalue weighted by Gasteiger charge is -2.20. The molecular formula is C12H13NO3. The van der Waals surface area contributed by atoms with Gasteiger partial charge in [0.15, 0.2) is 0 Å². The molecule has 1 aromatic rings. The van der Waals surface area contributed by atoms with Gasteiger partial charge in [0.2, 0.25) is 0 Å². The van der Waals surface area contributed by atoms with Crippen molar-refractivity contribution in [2.24, 2.45) is 0 Å². The molecule has 0 fully saturated rings. The summed E-state index contributed by atoms with van der Waals surface area (Å²) in [6.07, 6.45) is 4.10. The van der Waals surface area contributed by atoms with Crippen molar-refractivity contribution in [1.29, 1.82) is 0 Å². The van der Waals surface area contributed by atoms with Gasteiger partial charge in [-0.05, 0) is 18.2 Å². The molecule has 1 aliphatic heterocycles. The fourth-order valence-corrected chi connectivity index (χ4v) is 1.74. The fraction of sp³-hybridized carbons (Fsp3) is 0.250. The van der Waals surface area contributed by atoms with Crippen molar-refractivity contribution in [2.45, 2.75) is 0 Å². The molecular weight excluding hydrogens is 206 g/mol. The molecule has 0 aliphatic carbocycles. The molecule has 2 rings (SSSR count). The van der Waals surface area contributed by atoms with E-state index < -0.39 is 5.97 Å². The van der Waals surface area contributed by atoms with Crippen molar-refractivity contribution in [2.75, 3.05) is 25.1 Å². The number of carboxylic acids is 1. The smallest absolute Gasteiger partial charge is 0.335 e. The standard InChI is InChI=1S/C12H13NO3/c1-16-11-5-4-9(12(14)15)8-10(11)13-6-2-3-7-13/h2-5,8H,6-7H2,1H3,(H,14,15). The number of rotatable bonds is 3. The van der Waals surface area contributed by atoms with Crippen molar-refractivity contribution in [1.82, 2.24) is 0 Å². The highest BCUT2D eigenvalue weighted by molar-refractivity contribution is 5.89. The van der Waals surface area contributed by atoms with Crippen LogP contribution in [-0.4, -0.2) is 31.3 Å². The lowest BCUT2D eigenvalue weighted by molar-refractivity contribution is 0.0697. The van der Waals surface area contributed by atoms with Crippen molar-refractivity contribution in [3.8, 4) is 5.75 Å². The Morgan fingerprint density at radius 1 is 1.38 bits per heavy atom. The van der Waals surface area contributed by atoms with E-state index >= 15 is 0 Å². The van der Waals surface area contributed by atoms with Crippen LogP contribution in [0.5, 0.6) is 5.75 Å². The summed E-state index contributed by atoms with van der Waals surface area (Å²) >= 11 is 0. The number of benzene rings is 1. The average molecular weight is 219 g/mol. The van der Waals surface area contributed by atoms with E-state index in [-0.39, 0.29) is 5.56 Å². The lowest BCUT2D eigenvalue weighted by Crippen LogP contribution is -2.19. The van der Waals surface area contributed by atoms with E-state index in [0.717, 1.165) is 18.8 Å². The molecule has 0 unspecified atom stereocenters. The first-order valence-electron chi connectivity index (χ1n) is 5.03. The van der Waals surface area contributed by atoms with Gasteiger partial charge in [0.25, 0.3) is 0 Å². The predicted octanol–water partition coefficient (Wildman–Crippen LogP) is 1.77. The van der Waals surface area contributed by atoms with E-state index in [1.165, 1.54) is 0 Å². The molecule has 1 N–H and O–H groups in total. The molecule has 0 amide bonds. The third kappa shape index (κ3) is 1.86. The Balaban J connectivity index is 2.38. The number of hydrogen-bond acceptors (Lipinski definition) is 3. The number of ether oxygens (including phenoxy) is 1. The zero-order valence-electron chi connectivity index (χ0n) is 9.01. The van der Waals surface area contributed by atoms with Crippen LogP contribution in [0, 0.1) is 0 Å². The number of nitrogens with zero attached hydrogens (tertiary/aromatic N) is 1. The van der Waals surface area contributed by atoms with Crippen LogP contribution < -0.4 is 9.64 Å². The molecule has 1 heterocycles. The molecule has 1 aliphatic rings. The summed E-state index contributed by atoms with van der Waals surface area (Å²) in [7, 11) is 1.59. The van der Waals surface area contributed by atoms with Gasteiger partial charge in [0, 0.05) is 13.1 Å². The van der Waals surface area contributed by atoms with Crippen molar-refractivity contribution < 1.29 is 14.6 Å². The maximum atomic E-state index is 10.9. The number of methoxy groups -OCH3 is 1. The van der Waals surface area contributed by atoms with Gasteiger partial charge >= 0.3 is 5.97 Å². The zero-order valence-corrected chi connectivity index (χ0v) is 9.01. The second-order valence-electron chi connectivity index (χ2n) is 3.57. The van der Waals surface area contributed by atoms with Crippen molar-refractivity contribution in [3.63, 3.8) is 0 Å². The van der Waals surface area contributed by atoms with Crippen LogP contribution >= 0.6 is 0 Å². The minimum absolute atomic E-state index is 0.280. The van der Waals surface area contributed by atoms with E-state index in [1.54, 1.807) is 25.3 Å². The summed E-state index contributed by atoms with van der Waals surface area (Å²) in [4.78, 5) is 13.0. The normalized spacial score (nSPS) is 14.2. The van der Waals surface area contributed by atoms with E-state index in [1.807, 2.05) is 12.2 Å². The molecule has 0 aromatic heterocycles. The van der Waals surface area contributed by atoms with Gasteiger partial charge in [0.05, 0.1) is 18.4 Å². The molecule has 84 valence electrons. The van der Waals surface area contributed by atoms with Gasteiger partial charge in [-0.25, -0.2) is 4.79 Å². The minimum atomic E-state index is -0.920. The highest BCUT2D eigenvalue weighted by Crippen LogP contribution is 2.30. The number of carboxylic acid groups (broad SMARTS) is 1. The molecule has 0 bridgehead atoms. The van der Waals surface area contributed by atoms with Gasteiger partial charge in [-0.1, -0.05) is 12.2 Å². The van der Waals surface area contributed by atoms with E-state index in [0.29, 0.717) is 5.75 Å². The largest absolute Gasteiger partial charge is 0.495 e. The maximum Gasteiger partial charge on any atom is 0.335 e. The van der Waals surface area contributed by atoms with Gasteiger partial charge in [0.1, 0.15) is 5.75 Å². The molecule has 0 atom stereocenters. The first-order chi connectivity index (χ1) is 7.72. The Bertz CT molecular complexity index is 432. The summed E-state index contributed by atoms with van der Waals surface area (Å²) in [6, 6.07) is 4.89.